The lowest BCUT2D eigenvalue weighted by Crippen LogP contribution is -2.10. The first-order valence-corrected chi connectivity index (χ1v) is 5.28. The van der Waals surface area contributed by atoms with Gasteiger partial charge in [-0.3, -0.25) is 0 Å². The maximum atomic E-state index is 10.8. The lowest BCUT2D eigenvalue weighted by molar-refractivity contribution is -0.131. The maximum absolute atomic E-state index is 10.8. The second kappa shape index (κ2) is 5.83. The molecule has 0 saturated carbocycles. The third kappa shape index (κ3) is 3.33. The summed E-state index contributed by atoms with van der Waals surface area (Å²) in [6, 6.07) is 9.26. The van der Waals surface area contributed by atoms with Crippen LogP contribution < -0.4 is 5.73 Å². The van der Waals surface area contributed by atoms with E-state index in [2.05, 4.69) is 0 Å². The topological polar surface area (TPSA) is 87.1 Å². The number of carboxylic acid groups (broad SMARTS) is 1. The van der Waals surface area contributed by atoms with E-state index in [0.717, 1.165) is 5.56 Å². The predicted octanol–water partition coefficient (Wildman–Crippen LogP) is 1.70. The molecule has 0 amide bonds. The number of hydrogen-bond donors (Lipinski definition) is 2. The van der Waals surface area contributed by atoms with Gasteiger partial charge in [0.2, 0.25) is 0 Å². The zero-order chi connectivity index (χ0) is 12.0. The van der Waals surface area contributed by atoms with Crippen LogP contribution in [0.2, 0.25) is 0 Å². The molecule has 0 aliphatic carbocycles. The Morgan fingerprint density at radius 2 is 2.06 bits per heavy atom. The molecule has 0 atom stereocenters. The molecule has 0 spiro atoms. The normalized spacial score (nSPS) is 11.4. The van der Waals surface area contributed by atoms with E-state index < -0.39 is 5.97 Å². The van der Waals surface area contributed by atoms with Gasteiger partial charge in [0.05, 0.1) is 0 Å². The minimum absolute atomic E-state index is 0.105. The van der Waals surface area contributed by atoms with E-state index in [0.29, 0.717) is 18.2 Å². The Bertz CT molecular complexity index is 449. The molecule has 0 bridgehead atoms. The zero-order valence-electron chi connectivity index (χ0n) is 8.38. The molecule has 0 unspecified atom stereocenters. The van der Waals surface area contributed by atoms with Crippen molar-refractivity contribution < 1.29 is 9.90 Å². The predicted molar refractivity (Wildman–Crippen MR) is 62.2 cm³/mol. The van der Waals surface area contributed by atoms with Crippen LogP contribution in [0.3, 0.4) is 0 Å². The highest BCUT2D eigenvalue weighted by atomic mass is 32.2. The Morgan fingerprint density at radius 3 is 2.56 bits per heavy atom. The molecular formula is C11H10N2O2S. The number of nitrogens with zero attached hydrogens (tertiary/aromatic N) is 1. The van der Waals surface area contributed by atoms with E-state index in [4.69, 9.17) is 16.1 Å². The van der Waals surface area contributed by atoms with Gasteiger partial charge in [-0.25, -0.2) is 4.79 Å². The van der Waals surface area contributed by atoms with Gasteiger partial charge in [-0.05, 0) is 17.3 Å². The smallest absolute Gasteiger partial charge is 0.345 e. The van der Waals surface area contributed by atoms with Crippen molar-refractivity contribution in [3.63, 3.8) is 0 Å². The Balaban J connectivity index is 2.90. The number of thioether (sulfide) groups is 1. The maximum Gasteiger partial charge on any atom is 0.345 e. The number of rotatable bonds is 4. The van der Waals surface area contributed by atoms with Gasteiger partial charge in [0, 0.05) is 12.1 Å². The van der Waals surface area contributed by atoms with E-state index in [1.54, 1.807) is 5.40 Å². The van der Waals surface area contributed by atoms with E-state index in [-0.39, 0.29) is 10.6 Å². The van der Waals surface area contributed by atoms with Crippen molar-refractivity contribution in [2.75, 3.05) is 0 Å². The number of thiocyanates is 1. The fourth-order valence-electron chi connectivity index (χ4n) is 1.19. The van der Waals surface area contributed by atoms with Crippen molar-refractivity contribution in [1.82, 2.24) is 0 Å². The number of hydrogen-bond acceptors (Lipinski definition) is 4. The van der Waals surface area contributed by atoms with Crippen molar-refractivity contribution in [2.24, 2.45) is 5.73 Å². The summed E-state index contributed by atoms with van der Waals surface area (Å²) in [6.07, 6.45) is 0.331. The van der Waals surface area contributed by atoms with Gasteiger partial charge in [-0.2, -0.15) is 5.26 Å². The minimum Gasteiger partial charge on any atom is -0.477 e. The second-order valence-corrected chi connectivity index (χ2v) is 3.81. The molecule has 1 aromatic carbocycles. The highest BCUT2D eigenvalue weighted by Gasteiger charge is 2.13. The summed E-state index contributed by atoms with van der Waals surface area (Å²) >= 11 is 0.572. The molecule has 16 heavy (non-hydrogen) atoms. The van der Waals surface area contributed by atoms with Gasteiger partial charge in [0.1, 0.15) is 10.3 Å². The summed E-state index contributed by atoms with van der Waals surface area (Å²) < 4.78 is 0. The standard InChI is InChI=1S/C11H10N2O2S/c12-7-16-10(11(14)15)9(13)6-8-4-2-1-3-5-8/h1-5H,6,13H2,(H,14,15)/b10-9+. The molecule has 3 N–H and O–H groups in total. The molecule has 0 radical (unpaired) electrons. The van der Waals surface area contributed by atoms with E-state index in [1.165, 1.54) is 0 Å². The Morgan fingerprint density at radius 1 is 1.44 bits per heavy atom. The zero-order valence-corrected chi connectivity index (χ0v) is 9.20. The van der Waals surface area contributed by atoms with Crippen LogP contribution in [0.5, 0.6) is 0 Å². The summed E-state index contributed by atoms with van der Waals surface area (Å²) in [4.78, 5) is 10.7. The molecule has 0 fully saturated rings. The van der Waals surface area contributed by atoms with Crippen LogP contribution in [0.4, 0.5) is 0 Å². The second-order valence-electron chi connectivity index (χ2n) is 3.02. The van der Waals surface area contributed by atoms with Crippen LogP contribution in [0, 0.1) is 10.7 Å². The number of aliphatic carboxylic acids is 1. The van der Waals surface area contributed by atoms with Crippen LogP contribution in [0.15, 0.2) is 40.9 Å². The summed E-state index contributed by atoms with van der Waals surface area (Å²) in [5.74, 6) is -1.17. The van der Waals surface area contributed by atoms with Crippen LogP contribution in [-0.2, 0) is 11.2 Å². The molecule has 4 nitrogen and oxygen atoms in total. The van der Waals surface area contributed by atoms with Gasteiger partial charge >= 0.3 is 5.97 Å². The van der Waals surface area contributed by atoms with Crippen LogP contribution in [0.25, 0.3) is 0 Å². The SMILES string of the molecule is N#CS/C(C(=O)O)=C(/N)Cc1ccccc1. The quantitative estimate of drug-likeness (QED) is 0.611. The fraction of sp³-hybridized carbons (Fsp3) is 0.0909. The number of nitriles is 1. The number of carbonyl (C=O) groups is 1. The van der Waals surface area contributed by atoms with Crippen LogP contribution in [-0.4, -0.2) is 11.1 Å². The summed E-state index contributed by atoms with van der Waals surface area (Å²) in [5.41, 5.74) is 6.78. The van der Waals surface area contributed by atoms with Crippen molar-refractivity contribution >= 4 is 17.7 Å². The van der Waals surface area contributed by atoms with Crippen LogP contribution in [0.1, 0.15) is 5.56 Å². The van der Waals surface area contributed by atoms with E-state index in [9.17, 15) is 4.79 Å². The fourth-order valence-corrected chi connectivity index (χ4v) is 1.57. The highest BCUT2D eigenvalue weighted by molar-refractivity contribution is 8.08. The first-order valence-electron chi connectivity index (χ1n) is 4.47. The van der Waals surface area contributed by atoms with Gasteiger partial charge < -0.3 is 10.8 Å². The average molecular weight is 234 g/mol. The molecule has 0 aliphatic rings. The Hall–Kier alpha value is -1.93. The molecule has 0 heterocycles. The molecule has 5 heteroatoms. The van der Waals surface area contributed by atoms with Gasteiger partial charge in [-0.1, -0.05) is 30.3 Å². The minimum atomic E-state index is -1.17. The van der Waals surface area contributed by atoms with Crippen molar-refractivity contribution in [3.05, 3.63) is 46.5 Å². The number of benzene rings is 1. The van der Waals surface area contributed by atoms with Crippen molar-refractivity contribution in [3.8, 4) is 5.40 Å². The van der Waals surface area contributed by atoms with Crippen molar-refractivity contribution in [1.29, 1.82) is 5.26 Å². The molecule has 82 valence electrons. The first kappa shape index (κ1) is 12.1. The number of carboxylic acids is 1. The van der Waals surface area contributed by atoms with E-state index >= 15 is 0 Å². The van der Waals surface area contributed by atoms with E-state index in [1.807, 2.05) is 30.3 Å². The molecule has 0 aliphatic heterocycles. The highest BCUT2D eigenvalue weighted by Crippen LogP contribution is 2.18. The largest absolute Gasteiger partial charge is 0.477 e. The molecule has 0 aromatic heterocycles. The Labute approximate surface area is 97.4 Å². The molecular weight excluding hydrogens is 224 g/mol. The molecule has 1 aromatic rings. The summed E-state index contributed by atoms with van der Waals surface area (Å²) in [6.45, 7) is 0. The Kier molecular flexibility index (Phi) is 4.42. The molecule has 0 saturated heterocycles. The summed E-state index contributed by atoms with van der Waals surface area (Å²) in [7, 11) is 0. The lowest BCUT2D eigenvalue weighted by Gasteiger charge is -2.04. The number of nitrogens with two attached hydrogens (primary N) is 1. The van der Waals surface area contributed by atoms with Gasteiger partial charge in [0.15, 0.2) is 0 Å². The third-order valence-corrected chi connectivity index (χ3v) is 2.60. The van der Waals surface area contributed by atoms with Gasteiger partial charge in [0.25, 0.3) is 0 Å². The first-order chi connectivity index (χ1) is 7.65. The monoisotopic (exact) mass is 234 g/mol. The molecule has 1 rings (SSSR count). The van der Waals surface area contributed by atoms with Gasteiger partial charge in [-0.15, -0.1) is 0 Å². The third-order valence-electron chi connectivity index (χ3n) is 1.87. The average Bonchev–Trinajstić information content (AvgIpc) is 2.26. The number of allylic oxidation sites excluding steroid dienone is 1. The lowest BCUT2D eigenvalue weighted by atomic mass is 10.1. The van der Waals surface area contributed by atoms with Crippen LogP contribution >= 0.6 is 11.8 Å². The van der Waals surface area contributed by atoms with Crippen molar-refractivity contribution in [2.45, 2.75) is 6.42 Å². The summed E-state index contributed by atoms with van der Waals surface area (Å²) in [5, 5.41) is 19.0.